The Balaban J connectivity index is 1.72. The predicted molar refractivity (Wildman–Crippen MR) is 64.2 cm³/mol. The van der Waals surface area contributed by atoms with Crippen LogP contribution >= 0.6 is 0 Å². The summed E-state index contributed by atoms with van der Waals surface area (Å²) >= 11 is 0. The van der Waals surface area contributed by atoms with Crippen molar-refractivity contribution in [1.82, 2.24) is 10.3 Å². The molecule has 3 nitrogen and oxygen atoms in total. The molecule has 1 heterocycles. The third-order valence-electron chi connectivity index (χ3n) is 3.46. The number of rotatable bonds is 5. The highest BCUT2D eigenvalue weighted by molar-refractivity contribution is 5.09. The Morgan fingerprint density at radius 3 is 2.88 bits per heavy atom. The molecule has 0 radical (unpaired) electrons. The average molecular weight is 220 g/mol. The first-order chi connectivity index (χ1) is 7.90. The van der Waals surface area contributed by atoms with Crippen LogP contribution in [0.15, 0.2) is 24.5 Å². The predicted octanol–water partition coefficient (Wildman–Crippen LogP) is 1.37. The van der Waals surface area contributed by atoms with Gasteiger partial charge in [-0.05, 0) is 49.4 Å². The molecular weight excluding hydrogens is 200 g/mol. The maximum atomic E-state index is 9.20. The van der Waals surface area contributed by atoms with E-state index in [1.165, 1.54) is 24.8 Å². The summed E-state index contributed by atoms with van der Waals surface area (Å²) in [5.41, 5.74) is 1.32. The SMILES string of the molecule is OCC1CCCC1NCCc1ccncc1. The standard InChI is InChI=1S/C13H20N2O/c16-10-12-2-1-3-13(12)15-9-6-11-4-7-14-8-5-11/h4-5,7-8,12-13,15-16H,1-3,6,9-10H2. The minimum absolute atomic E-state index is 0.326. The van der Waals surface area contributed by atoms with E-state index in [0.717, 1.165) is 13.0 Å². The zero-order valence-corrected chi connectivity index (χ0v) is 9.60. The molecule has 0 saturated heterocycles. The van der Waals surface area contributed by atoms with Crippen molar-refractivity contribution in [3.8, 4) is 0 Å². The van der Waals surface area contributed by atoms with E-state index < -0.39 is 0 Å². The Hall–Kier alpha value is -0.930. The molecule has 88 valence electrons. The van der Waals surface area contributed by atoms with Crippen molar-refractivity contribution in [2.24, 2.45) is 5.92 Å². The van der Waals surface area contributed by atoms with Gasteiger partial charge in [-0.3, -0.25) is 4.98 Å². The van der Waals surface area contributed by atoms with Gasteiger partial charge in [-0.1, -0.05) is 6.42 Å². The van der Waals surface area contributed by atoms with Gasteiger partial charge < -0.3 is 10.4 Å². The first-order valence-electron chi connectivity index (χ1n) is 6.13. The molecule has 0 aliphatic heterocycles. The number of pyridine rings is 1. The fourth-order valence-corrected chi connectivity index (χ4v) is 2.48. The Kier molecular flexibility index (Phi) is 4.31. The van der Waals surface area contributed by atoms with E-state index in [1.54, 1.807) is 0 Å². The smallest absolute Gasteiger partial charge is 0.0474 e. The van der Waals surface area contributed by atoms with Crippen molar-refractivity contribution in [2.45, 2.75) is 31.7 Å². The second kappa shape index (κ2) is 5.97. The van der Waals surface area contributed by atoms with Crippen LogP contribution in [0, 0.1) is 5.92 Å². The number of aliphatic hydroxyl groups is 1. The fraction of sp³-hybridized carbons (Fsp3) is 0.615. The maximum absolute atomic E-state index is 9.20. The van der Waals surface area contributed by atoms with Gasteiger partial charge in [0, 0.05) is 25.0 Å². The number of hydrogen-bond donors (Lipinski definition) is 2. The molecule has 2 rings (SSSR count). The Morgan fingerprint density at radius 2 is 2.12 bits per heavy atom. The Morgan fingerprint density at radius 1 is 1.31 bits per heavy atom. The lowest BCUT2D eigenvalue weighted by Gasteiger charge is -2.18. The van der Waals surface area contributed by atoms with Crippen LogP contribution in [0.3, 0.4) is 0 Å². The van der Waals surface area contributed by atoms with Crippen molar-refractivity contribution >= 4 is 0 Å². The fourth-order valence-electron chi connectivity index (χ4n) is 2.48. The van der Waals surface area contributed by atoms with Crippen LogP contribution in [-0.2, 0) is 6.42 Å². The summed E-state index contributed by atoms with van der Waals surface area (Å²) < 4.78 is 0. The third kappa shape index (κ3) is 3.03. The van der Waals surface area contributed by atoms with Crippen LogP contribution in [0.2, 0.25) is 0 Å². The summed E-state index contributed by atoms with van der Waals surface area (Å²) in [4.78, 5) is 4.00. The number of aliphatic hydroxyl groups excluding tert-OH is 1. The second-order valence-corrected chi connectivity index (χ2v) is 4.54. The van der Waals surface area contributed by atoms with Crippen molar-refractivity contribution in [2.75, 3.05) is 13.2 Å². The van der Waals surface area contributed by atoms with Gasteiger partial charge >= 0.3 is 0 Å². The maximum Gasteiger partial charge on any atom is 0.0474 e. The number of hydrogen-bond acceptors (Lipinski definition) is 3. The van der Waals surface area contributed by atoms with E-state index in [9.17, 15) is 5.11 Å². The third-order valence-corrected chi connectivity index (χ3v) is 3.46. The van der Waals surface area contributed by atoms with Crippen molar-refractivity contribution in [1.29, 1.82) is 0 Å². The van der Waals surface area contributed by atoms with Gasteiger partial charge in [-0.15, -0.1) is 0 Å². The molecule has 0 aromatic carbocycles. The van der Waals surface area contributed by atoms with E-state index in [4.69, 9.17) is 0 Å². The molecule has 1 aromatic heterocycles. The molecule has 2 N–H and O–H groups in total. The molecule has 0 amide bonds. The summed E-state index contributed by atoms with van der Waals surface area (Å²) in [7, 11) is 0. The van der Waals surface area contributed by atoms with E-state index in [2.05, 4.69) is 22.4 Å². The molecule has 2 unspecified atom stereocenters. The van der Waals surface area contributed by atoms with Crippen LogP contribution in [0.5, 0.6) is 0 Å². The quantitative estimate of drug-likeness (QED) is 0.788. The van der Waals surface area contributed by atoms with Gasteiger partial charge in [0.25, 0.3) is 0 Å². The van der Waals surface area contributed by atoms with Crippen molar-refractivity contribution in [3.05, 3.63) is 30.1 Å². The lowest BCUT2D eigenvalue weighted by Crippen LogP contribution is -2.35. The van der Waals surface area contributed by atoms with Gasteiger partial charge in [0.2, 0.25) is 0 Å². The minimum Gasteiger partial charge on any atom is -0.396 e. The average Bonchev–Trinajstić information content (AvgIpc) is 2.78. The Labute approximate surface area is 96.9 Å². The molecule has 0 bridgehead atoms. The molecule has 1 aliphatic rings. The molecule has 3 heteroatoms. The monoisotopic (exact) mass is 220 g/mol. The highest BCUT2D eigenvalue weighted by Gasteiger charge is 2.25. The van der Waals surface area contributed by atoms with Gasteiger partial charge in [0.05, 0.1) is 0 Å². The largest absolute Gasteiger partial charge is 0.396 e. The van der Waals surface area contributed by atoms with Crippen LogP contribution in [0.25, 0.3) is 0 Å². The molecule has 0 spiro atoms. The lowest BCUT2D eigenvalue weighted by molar-refractivity contribution is 0.206. The molecule has 1 saturated carbocycles. The van der Waals surface area contributed by atoms with E-state index in [-0.39, 0.29) is 0 Å². The van der Waals surface area contributed by atoms with Gasteiger partial charge in [0.15, 0.2) is 0 Å². The number of aromatic nitrogens is 1. The zero-order valence-electron chi connectivity index (χ0n) is 9.60. The van der Waals surface area contributed by atoms with E-state index >= 15 is 0 Å². The van der Waals surface area contributed by atoms with E-state index in [1.807, 2.05) is 12.4 Å². The molecule has 2 atom stereocenters. The molecule has 1 aliphatic carbocycles. The number of nitrogens with zero attached hydrogens (tertiary/aromatic N) is 1. The van der Waals surface area contributed by atoms with Crippen LogP contribution < -0.4 is 5.32 Å². The highest BCUT2D eigenvalue weighted by atomic mass is 16.3. The first kappa shape index (κ1) is 11.6. The van der Waals surface area contributed by atoms with E-state index in [0.29, 0.717) is 18.6 Å². The highest BCUT2D eigenvalue weighted by Crippen LogP contribution is 2.24. The van der Waals surface area contributed by atoms with Crippen LogP contribution in [0.1, 0.15) is 24.8 Å². The summed E-state index contributed by atoms with van der Waals surface area (Å²) in [5, 5.41) is 12.8. The molecule has 16 heavy (non-hydrogen) atoms. The van der Waals surface area contributed by atoms with Gasteiger partial charge in [-0.2, -0.15) is 0 Å². The Bertz CT molecular complexity index is 302. The van der Waals surface area contributed by atoms with Crippen LogP contribution in [-0.4, -0.2) is 29.3 Å². The van der Waals surface area contributed by atoms with Gasteiger partial charge in [-0.25, -0.2) is 0 Å². The van der Waals surface area contributed by atoms with Crippen LogP contribution in [0.4, 0.5) is 0 Å². The summed E-state index contributed by atoms with van der Waals surface area (Å²) in [6.07, 6.45) is 8.34. The van der Waals surface area contributed by atoms with Gasteiger partial charge in [0.1, 0.15) is 0 Å². The van der Waals surface area contributed by atoms with Crippen molar-refractivity contribution < 1.29 is 5.11 Å². The number of nitrogens with one attached hydrogen (secondary N) is 1. The normalized spacial score (nSPS) is 24.8. The topological polar surface area (TPSA) is 45.1 Å². The lowest BCUT2D eigenvalue weighted by atomic mass is 10.0. The summed E-state index contributed by atoms with van der Waals surface area (Å²) in [5.74, 6) is 0.470. The first-order valence-corrected chi connectivity index (χ1v) is 6.13. The molecule has 1 fully saturated rings. The zero-order chi connectivity index (χ0) is 11.2. The summed E-state index contributed by atoms with van der Waals surface area (Å²) in [6, 6.07) is 4.63. The minimum atomic E-state index is 0.326. The summed E-state index contributed by atoms with van der Waals surface area (Å²) in [6.45, 7) is 1.32. The molecule has 1 aromatic rings. The molecular formula is C13H20N2O. The van der Waals surface area contributed by atoms with Crippen molar-refractivity contribution in [3.63, 3.8) is 0 Å². The second-order valence-electron chi connectivity index (χ2n) is 4.54.